The van der Waals surface area contributed by atoms with Crippen molar-refractivity contribution >= 4 is 27.7 Å². The minimum Gasteiger partial charge on any atom is -0.343 e. The molecule has 1 aromatic heterocycles. The van der Waals surface area contributed by atoms with Crippen LogP contribution in [0.3, 0.4) is 0 Å². The Kier molecular flexibility index (Phi) is 4.19. The highest BCUT2D eigenvalue weighted by molar-refractivity contribution is 9.10. The van der Waals surface area contributed by atoms with E-state index in [2.05, 4.69) is 26.2 Å². The molecule has 1 fully saturated rings. The van der Waals surface area contributed by atoms with Crippen molar-refractivity contribution in [2.24, 2.45) is 0 Å². The van der Waals surface area contributed by atoms with Gasteiger partial charge in [0.1, 0.15) is 12.1 Å². The number of hydrogen-bond acceptors (Lipinski definition) is 3. The van der Waals surface area contributed by atoms with Crippen LogP contribution in [0, 0.1) is 0 Å². The summed E-state index contributed by atoms with van der Waals surface area (Å²) in [6.07, 6.45) is 2.29. The number of carbonyl (C=O) groups is 2. The molecule has 0 saturated carbocycles. The van der Waals surface area contributed by atoms with Crippen molar-refractivity contribution in [3.8, 4) is 0 Å². The first-order valence-corrected chi connectivity index (χ1v) is 7.03. The van der Waals surface area contributed by atoms with Gasteiger partial charge < -0.3 is 10.2 Å². The highest BCUT2D eigenvalue weighted by Crippen LogP contribution is 2.16. The molecule has 0 radical (unpaired) electrons. The van der Waals surface area contributed by atoms with Crippen molar-refractivity contribution in [3.63, 3.8) is 0 Å². The largest absolute Gasteiger partial charge is 0.343 e. The highest BCUT2D eigenvalue weighted by Gasteiger charge is 2.37. The van der Waals surface area contributed by atoms with Crippen molar-refractivity contribution in [1.29, 1.82) is 0 Å². The zero-order valence-electron chi connectivity index (χ0n) is 10.9. The maximum Gasteiger partial charge on any atom is 0.246 e. The fourth-order valence-electron chi connectivity index (χ4n) is 2.05. The van der Waals surface area contributed by atoms with Crippen LogP contribution in [-0.4, -0.2) is 33.8 Å². The first-order chi connectivity index (χ1) is 9.02. The van der Waals surface area contributed by atoms with Crippen LogP contribution in [0.5, 0.6) is 0 Å². The van der Waals surface area contributed by atoms with E-state index in [0.717, 1.165) is 10.2 Å². The monoisotopic (exact) mass is 325 g/mol. The van der Waals surface area contributed by atoms with Crippen molar-refractivity contribution in [2.45, 2.75) is 38.9 Å². The lowest BCUT2D eigenvalue weighted by Crippen LogP contribution is -2.61. The number of halogens is 1. The molecule has 1 N–H and O–H groups in total. The fourth-order valence-corrected chi connectivity index (χ4v) is 2.29. The first-order valence-electron chi connectivity index (χ1n) is 6.24. The van der Waals surface area contributed by atoms with E-state index in [0.29, 0.717) is 13.0 Å². The molecule has 19 heavy (non-hydrogen) atoms. The van der Waals surface area contributed by atoms with E-state index < -0.39 is 12.1 Å². The minimum atomic E-state index is -0.458. The molecular formula is C13H16BrN3O2. The number of aromatic nitrogens is 1. The van der Waals surface area contributed by atoms with Gasteiger partial charge in [0.15, 0.2) is 0 Å². The summed E-state index contributed by atoms with van der Waals surface area (Å²) in [6, 6.07) is 2.84. The predicted molar refractivity (Wildman–Crippen MR) is 74.2 cm³/mol. The van der Waals surface area contributed by atoms with Gasteiger partial charge in [-0.15, -0.1) is 0 Å². The molecule has 5 nitrogen and oxygen atoms in total. The second-order valence-electron chi connectivity index (χ2n) is 4.58. The number of pyridine rings is 1. The molecule has 1 aliphatic rings. The van der Waals surface area contributed by atoms with Gasteiger partial charge in [-0.25, -0.2) is 0 Å². The summed E-state index contributed by atoms with van der Waals surface area (Å²) < 4.78 is 0.887. The molecule has 1 aromatic rings. The predicted octanol–water partition coefficient (Wildman–Crippen LogP) is 1.47. The smallest absolute Gasteiger partial charge is 0.246 e. The van der Waals surface area contributed by atoms with Crippen LogP contribution in [0.15, 0.2) is 22.8 Å². The summed E-state index contributed by atoms with van der Waals surface area (Å²) in [5.41, 5.74) is 0.771. The van der Waals surface area contributed by atoms with Gasteiger partial charge in [-0.2, -0.15) is 0 Å². The Morgan fingerprint density at radius 2 is 2.16 bits per heavy atom. The number of rotatable bonds is 3. The van der Waals surface area contributed by atoms with Crippen molar-refractivity contribution in [3.05, 3.63) is 28.5 Å². The van der Waals surface area contributed by atoms with E-state index in [1.807, 2.05) is 19.1 Å². The van der Waals surface area contributed by atoms with Gasteiger partial charge >= 0.3 is 0 Å². The molecule has 1 saturated heterocycles. The number of nitrogens with zero attached hydrogens (tertiary/aromatic N) is 2. The van der Waals surface area contributed by atoms with Gasteiger partial charge in [-0.05, 0) is 41.4 Å². The minimum absolute atomic E-state index is 0.0423. The van der Waals surface area contributed by atoms with Gasteiger partial charge in [0.05, 0.1) is 12.2 Å². The van der Waals surface area contributed by atoms with Gasteiger partial charge in [0, 0.05) is 10.7 Å². The number of hydrogen-bond donors (Lipinski definition) is 1. The second kappa shape index (κ2) is 5.69. The lowest BCUT2D eigenvalue weighted by atomic mass is 10.1. The molecule has 0 aromatic carbocycles. The van der Waals surface area contributed by atoms with E-state index in [-0.39, 0.29) is 11.8 Å². The Morgan fingerprint density at radius 3 is 2.74 bits per heavy atom. The zero-order valence-corrected chi connectivity index (χ0v) is 12.5. The van der Waals surface area contributed by atoms with Gasteiger partial charge in [0.2, 0.25) is 11.8 Å². The molecule has 1 aliphatic heterocycles. The molecule has 102 valence electrons. The SMILES string of the molecule is CCC1NC(=O)C(C)N(Cc2ccc(Br)cn2)C1=O. The van der Waals surface area contributed by atoms with Crippen LogP contribution in [0.25, 0.3) is 0 Å². The Balaban J connectivity index is 2.18. The quantitative estimate of drug-likeness (QED) is 0.915. The van der Waals surface area contributed by atoms with E-state index >= 15 is 0 Å². The third kappa shape index (κ3) is 2.94. The molecule has 0 spiro atoms. The molecule has 2 atom stereocenters. The molecule has 2 rings (SSSR count). The van der Waals surface area contributed by atoms with Crippen LogP contribution in [0.4, 0.5) is 0 Å². The second-order valence-corrected chi connectivity index (χ2v) is 5.49. The molecule has 2 heterocycles. The average Bonchev–Trinajstić information content (AvgIpc) is 2.41. The van der Waals surface area contributed by atoms with Crippen molar-refractivity contribution < 1.29 is 9.59 Å². The van der Waals surface area contributed by atoms with E-state index in [1.54, 1.807) is 18.0 Å². The maximum absolute atomic E-state index is 12.3. The summed E-state index contributed by atoms with van der Waals surface area (Å²) >= 11 is 3.32. The third-order valence-corrected chi connectivity index (χ3v) is 3.74. The zero-order chi connectivity index (χ0) is 14.0. The molecule has 0 bridgehead atoms. The van der Waals surface area contributed by atoms with Crippen LogP contribution in [-0.2, 0) is 16.1 Å². The lowest BCUT2D eigenvalue weighted by Gasteiger charge is -2.36. The normalized spacial score (nSPS) is 23.4. The highest BCUT2D eigenvalue weighted by atomic mass is 79.9. The fraction of sp³-hybridized carbons (Fsp3) is 0.462. The molecular weight excluding hydrogens is 310 g/mol. The number of piperazine rings is 1. The van der Waals surface area contributed by atoms with E-state index in [9.17, 15) is 9.59 Å². The topological polar surface area (TPSA) is 62.3 Å². The molecule has 6 heteroatoms. The Hall–Kier alpha value is -1.43. The van der Waals surface area contributed by atoms with Crippen LogP contribution in [0.2, 0.25) is 0 Å². The van der Waals surface area contributed by atoms with Gasteiger partial charge in [-0.3, -0.25) is 14.6 Å². The average molecular weight is 326 g/mol. The molecule has 2 amide bonds. The van der Waals surface area contributed by atoms with E-state index in [4.69, 9.17) is 0 Å². The number of nitrogens with one attached hydrogen (secondary N) is 1. The van der Waals surface area contributed by atoms with Gasteiger partial charge in [0.25, 0.3) is 0 Å². The van der Waals surface area contributed by atoms with Crippen LogP contribution >= 0.6 is 15.9 Å². The van der Waals surface area contributed by atoms with Gasteiger partial charge in [-0.1, -0.05) is 6.92 Å². The Morgan fingerprint density at radius 1 is 1.42 bits per heavy atom. The van der Waals surface area contributed by atoms with Crippen molar-refractivity contribution in [1.82, 2.24) is 15.2 Å². The summed E-state index contributed by atoms with van der Waals surface area (Å²) in [5, 5.41) is 2.73. The van der Waals surface area contributed by atoms with Crippen molar-refractivity contribution in [2.75, 3.05) is 0 Å². The summed E-state index contributed by atoms with van der Waals surface area (Å²) in [5.74, 6) is -0.150. The Labute approximate surface area is 120 Å². The van der Waals surface area contributed by atoms with Crippen LogP contribution < -0.4 is 5.32 Å². The third-order valence-electron chi connectivity index (χ3n) is 3.27. The maximum atomic E-state index is 12.3. The summed E-state index contributed by atoms with van der Waals surface area (Å²) in [6.45, 7) is 3.98. The summed E-state index contributed by atoms with van der Waals surface area (Å²) in [4.78, 5) is 29.9. The number of amides is 2. The lowest BCUT2D eigenvalue weighted by molar-refractivity contribution is -0.149. The van der Waals surface area contributed by atoms with E-state index in [1.165, 1.54) is 0 Å². The standard InChI is InChI=1S/C13H16BrN3O2/c1-3-11-13(19)17(8(2)12(18)16-11)7-10-5-4-9(14)6-15-10/h4-6,8,11H,3,7H2,1-2H3,(H,16,18). The molecule has 0 aliphatic carbocycles. The number of carbonyl (C=O) groups excluding carboxylic acids is 2. The summed E-state index contributed by atoms with van der Waals surface area (Å²) in [7, 11) is 0. The van der Waals surface area contributed by atoms with Crippen LogP contribution in [0.1, 0.15) is 26.0 Å². The first kappa shape index (κ1) is 14.0. The molecule has 2 unspecified atom stereocenters. The Bertz CT molecular complexity index is 489.